The van der Waals surface area contributed by atoms with Crippen LogP contribution < -0.4 is 16.5 Å². The largest absolute Gasteiger partial charge is 0.398 e. The Morgan fingerprint density at radius 2 is 1.69 bits per heavy atom. The number of nitrogens with one attached hydrogen (secondary N) is 2. The minimum Gasteiger partial charge on any atom is -0.398 e. The third kappa shape index (κ3) is 4.18. The highest BCUT2D eigenvalue weighted by atomic mass is 16.2. The highest BCUT2D eigenvalue weighted by Gasteiger charge is 2.12. The normalized spacial score (nSPS) is 11.6. The minimum absolute atomic E-state index is 0.0549. The molecule has 0 aliphatic heterocycles. The number of hydrogen-bond donors (Lipinski definition) is 3. The van der Waals surface area contributed by atoms with Gasteiger partial charge in [-0.05, 0) is 50.2 Å². The fraction of sp³-hybridized carbons (Fsp3) is 0.160. The highest BCUT2D eigenvalue weighted by molar-refractivity contribution is 6.11. The van der Waals surface area contributed by atoms with E-state index in [1.54, 1.807) is 31.2 Å². The summed E-state index contributed by atoms with van der Waals surface area (Å²) in [5.41, 5.74) is 12.5. The number of anilines is 2. The topological polar surface area (TPSA) is 102 Å². The number of nitrogen functional groups attached to an aromatic ring is 1. The molecular weight excluding hydrogens is 402 g/mol. The number of fused-ring (bicyclic) bond motifs is 3. The number of hydrogen-bond acceptors (Lipinski definition) is 4. The van der Waals surface area contributed by atoms with Gasteiger partial charge < -0.3 is 15.6 Å². The van der Waals surface area contributed by atoms with E-state index in [0.717, 1.165) is 28.5 Å². The summed E-state index contributed by atoms with van der Waals surface area (Å²) in [6.45, 7) is 4.67. The van der Waals surface area contributed by atoms with Gasteiger partial charge in [0.1, 0.15) is 0 Å². The molecule has 1 aromatic heterocycles. The van der Waals surface area contributed by atoms with Crippen LogP contribution in [-0.4, -0.2) is 22.1 Å². The van der Waals surface area contributed by atoms with Crippen molar-refractivity contribution in [2.45, 2.75) is 26.8 Å². The predicted molar refractivity (Wildman–Crippen MR) is 130 cm³/mol. The molecule has 0 bridgehead atoms. The van der Waals surface area contributed by atoms with Gasteiger partial charge in [0.2, 0.25) is 5.91 Å². The molecule has 1 heterocycles. The molecule has 7 nitrogen and oxygen atoms in total. The lowest BCUT2D eigenvalue weighted by molar-refractivity contribution is -0.115. The monoisotopic (exact) mass is 427 g/mol. The standard InChI is InChI=1S/C25H25N5O2/c1-3-30-22-11-7-5-8-18(22)20-15-17(12-13-23(20)30)27-24(31)14-16(2)28-29-25(32)19-9-4-6-10-21(19)26/h4-13,15H,3,14,26H2,1-2H3,(H,27,31)(H,29,32)/b28-16-. The molecule has 0 spiro atoms. The Labute approximate surface area is 185 Å². The number of rotatable bonds is 6. The number of carbonyl (C=O) groups is 2. The van der Waals surface area contributed by atoms with Crippen molar-refractivity contribution < 1.29 is 9.59 Å². The summed E-state index contributed by atoms with van der Waals surface area (Å²) in [6.07, 6.45) is 0.0549. The van der Waals surface area contributed by atoms with Crippen LogP contribution in [0.15, 0.2) is 71.8 Å². The second-order valence-corrected chi connectivity index (χ2v) is 7.59. The Morgan fingerprint density at radius 3 is 2.47 bits per heavy atom. The van der Waals surface area contributed by atoms with Crippen LogP contribution in [0.25, 0.3) is 21.8 Å². The van der Waals surface area contributed by atoms with E-state index in [4.69, 9.17) is 5.73 Å². The van der Waals surface area contributed by atoms with Gasteiger partial charge in [-0.3, -0.25) is 9.59 Å². The Hall–Kier alpha value is -4.13. The van der Waals surface area contributed by atoms with Crippen molar-refractivity contribution in [2.75, 3.05) is 11.1 Å². The molecule has 4 aromatic rings. The molecular formula is C25H25N5O2. The van der Waals surface area contributed by atoms with E-state index in [0.29, 0.717) is 17.0 Å². The van der Waals surface area contributed by atoms with Gasteiger partial charge in [0.15, 0.2) is 0 Å². The van der Waals surface area contributed by atoms with E-state index >= 15 is 0 Å². The summed E-state index contributed by atoms with van der Waals surface area (Å²) in [7, 11) is 0. The van der Waals surface area contributed by atoms with Crippen molar-refractivity contribution in [3.8, 4) is 0 Å². The van der Waals surface area contributed by atoms with E-state index in [2.05, 4.69) is 39.5 Å². The molecule has 0 radical (unpaired) electrons. The number of benzene rings is 3. The lowest BCUT2D eigenvalue weighted by atomic mass is 10.1. The van der Waals surface area contributed by atoms with E-state index < -0.39 is 5.91 Å². The summed E-state index contributed by atoms with van der Waals surface area (Å²) in [4.78, 5) is 24.7. The van der Waals surface area contributed by atoms with Crippen molar-refractivity contribution in [3.63, 3.8) is 0 Å². The van der Waals surface area contributed by atoms with Gasteiger partial charge in [0, 0.05) is 45.4 Å². The molecule has 4 rings (SSSR count). The van der Waals surface area contributed by atoms with E-state index in [-0.39, 0.29) is 12.3 Å². The van der Waals surface area contributed by atoms with Crippen LogP contribution in [0.1, 0.15) is 30.6 Å². The SMILES string of the molecule is CCn1c2ccccc2c2cc(NC(=O)C/C(C)=N\NC(=O)c3ccccc3N)ccc21. The summed E-state index contributed by atoms with van der Waals surface area (Å²) in [5, 5.41) is 9.20. The molecule has 0 aliphatic carbocycles. The minimum atomic E-state index is -0.416. The zero-order chi connectivity index (χ0) is 22.7. The summed E-state index contributed by atoms with van der Waals surface area (Å²) in [5.74, 6) is -0.626. The molecule has 32 heavy (non-hydrogen) atoms. The number of aromatic nitrogens is 1. The maximum absolute atomic E-state index is 12.5. The van der Waals surface area contributed by atoms with Crippen LogP contribution in [0.2, 0.25) is 0 Å². The molecule has 0 saturated heterocycles. The second kappa shape index (κ2) is 8.93. The molecule has 7 heteroatoms. The summed E-state index contributed by atoms with van der Waals surface area (Å²) >= 11 is 0. The van der Waals surface area contributed by atoms with Crippen molar-refractivity contribution in [1.82, 2.24) is 9.99 Å². The fourth-order valence-corrected chi connectivity index (χ4v) is 3.86. The van der Waals surface area contributed by atoms with Crippen molar-refractivity contribution in [3.05, 3.63) is 72.3 Å². The highest BCUT2D eigenvalue weighted by Crippen LogP contribution is 2.31. The van der Waals surface area contributed by atoms with Gasteiger partial charge in [-0.1, -0.05) is 30.3 Å². The molecule has 0 unspecified atom stereocenters. The lowest BCUT2D eigenvalue weighted by Gasteiger charge is -2.07. The van der Waals surface area contributed by atoms with Gasteiger partial charge >= 0.3 is 0 Å². The molecule has 3 aromatic carbocycles. The van der Waals surface area contributed by atoms with Crippen LogP contribution in [0.3, 0.4) is 0 Å². The van der Waals surface area contributed by atoms with Gasteiger partial charge in [-0.15, -0.1) is 0 Å². The van der Waals surface area contributed by atoms with Gasteiger partial charge in [-0.2, -0.15) is 5.10 Å². The maximum atomic E-state index is 12.5. The Bertz CT molecular complexity index is 1350. The van der Waals surface area contributed by atoms with E-state index in [1.165, 1.54) is 5.52 Å². The van der Waals surface area contributed by atoms with Crippen LogP contribution in [0.5, 0.6) is 0 Å². The molecule has 0 aliphatic rings. The van der Waals surface area contributed by atoms with Crippen LogP contribution in [-0.2, 0) is 11.3 Å². The van der Waals surface area contributed by atoms with Crippen molar-refractivity contribution in [1.29, 1.82) is 0 Å². The first-order chi connectivity index (χ1) is 15.5. The first-order valence-corrected chi connectivity index (χ1v) is 10.5. The first-order valence-electron chi connectivity index (χ1n) is 10.5. The lowest BCUT2D eigenvalue weighted by Crippen LogP contribution is -2.22. The number of nitrogens with two attached hydrogens (primary N) is 1. The van der Waals surface area contributed by atoms with Gasteiger partial charge in [-0.25, -0.2) is 5.43 Å². The molecule has 0 saturated carbocycles. The number of para-hydroxylation sites is 2. The summed E-state index contributed by atoms with van der Waals surface area (Å²) in [6, 6.07) is 20.9. The third-order valence-electron chi connectivity index (χ3n) is 5.34. The first kappa shape index (κ1) is 21.1. The van der Waals surface area contributed by atoms with Crippen LogP contribution >= 0.6 is 0 Å². The Balaban J connectivity index is 1.45. The van der Waals surface area contributed by atoms with Gasteiger partial charge in [0.05, 0.1) is 12.0 Å². The number of hydrazone groups is 1. The molecule has 4 N–H and O–H groups in total. The zero-order valence-electron chi connectivity index (χ0n) is 18.1. The number of nitrogens with zero attached hydrogens (tertiary/aromatic N) is 2. The van der Waals surface area contributed by atoms with Gasteiger partial charge in [0.25, 0.3) is 5.91 Å². The van der Waals surface area contributed by atoms with Crippen molar-refractivity contribution >= 4 is 50.7 Å². The van der Waals surface area contributed by atoms with Crippen LogP contribution in [0, 0.1) is 0 Å². The Morgan fingerprint density at radius 1 is 0.969 bits per heavy atom. The van der Waals surface area contributed by atoms with Crippen LogP contribution in [0.4, 0.5) is 11.4 Å². The quantitative estimate of drug-likeness (QED) is 0.239. The number of aryl methyl sites for hydroxylation is 1. The fourth-order valence-electron chi connectivity index (χ4n) is 3.86. The predicted octanol–water partition coefficient (Wildman–Crippen LogP) is 4.53. The number of carbonyl (C=O) groups excluding carboxylic acids is 2. The molecule has 2 amide bonds. The van der Waals surface area contributed by atoms with E-state index in [1.807, 2.05) is 30.3 Å². The average molecular weight is 428 g/mol. The molecule has 0 atom stereocenters. The zero-order valence-corrected chi connectivity index (χ0v) is 18.1. The molecule has 0 fully saturated rings. The Kier molecular flexibility index (Phi) is 5.89. The van der Waals surface area contributed by atoms with E-state index in [9.17, 15) is 9.59 Å². The second-order valence-electron chi connectivity index (χ2n) is 7.59. The van der Waals surface area contributed by atoms with Crippen molar-refractivity contribution in [2.24, 2.45) is 5.10 Å². The maximum Gasteiger partial charge on any atom is 0.273 e. The number of amides is 2. The molecule has 162 valence electrons. The summed E-state index contributed by atoms with van der Waals surface area (Å²) < 4.78 is 2.26. The smallest absolute Gasteiger partial charge is 0.273 e. The third-order valence-corrected chi connectivity index (χ3v) is 5.34. The average Bonchev–Trinajstić information content (AvgIpc) is 3.10.